The molecule has 2 atom stereocenters. The fourth-order valence-corrected chi connectivity index (χ4v) is 4.41. The number of nitrogens with two attached hydrogens (primary N) is 1. The molecule has 1 saturated carbocycles. The minimum atomic E-state index is -1.71. The van der Waals surface area contributed by atoms with Gasteiger partial charge in [0.25, 0.3) is 0 Å². The second kappa shape index (κ2) is 6.57. The van der Waals surface area contributed by atoms with E-state index in [0.717, 1.165) is 25.0 Å². The first-order chi connectivity index (χ1) is 10.1. The molecule has 0 amide bonds. The maximum Gasteiger partial charge on any atom is 0.192 e. The van der Waals surface area contributed by atoms with E-state index in [2.05, 4.69) is 59.8 Å². The van der Waals surface area contributed by atoms with E-state index in [9.17, 15) is 0 Å². The van der Waals surface area contributed by atoms with Crippen molar-refractivity contribution in [2.75, 3.05) is 5.73 Å². The Hall–Kier alpha value is -0.463. The summed E-state index contributed by atoms with van der Waals surface area (Å²) in [4.78, 5) is 8.79. The van der Waals surface area contributed by atoms with Crippen molar-refractivity contribution in [1.29, 1.82) is 0 Å². The molecule has 124 valence electrons. The van der Waals surface area contributed by atoms with Gasteiger partial charge >= 0.3 is 0 Å². The predicted molar refractivity (Wildman–Crippen MR) is 97.4 cm³/mol. The molecule has 0 aliphatic heterocycles. The van der Waals surface area contributed by atoms with Gasteiger partial charge in [0.05, 0.1) is 11.9 Å². The number of halogens is 1. The Labute approximate surface area is 143 Å². The van der Waals surface area contributed by atoms with E-state index in [1.807, 2.05) is 6.20 Å². The number of hydrogen-bond donors (Lipinski definition) is 1. The van der Waals surface area contributed by atoms with Gasteiger partial charge in [0.15, 0.2) is 14.1 Å². The molecule has 1 fully saturated rings. The Morgan fingerprint density at radius 3 is 2.59 bits per heavy atom. The molecule has 1 aromatic heterocycles. The molecular weight excluding hydrogens is 358 g/mol. The topological polar surface area (TPSA) is 61.0 Å². The van der Waals surface area contributed by atoms with E-state index in [-0.39, 0.29) is 5.04 Å². The van der Waals surface area contributed by atoms with Crippen molar-refractivity contribution >= 4 is 30.1 Å². The third kappa shape index (κ3) is 4.09. The van der Waals surface area contributed by atoms with Gasteiger partial charge in [-0.3, -0.25) is 0 Å². The lowest BCUT2D eigenvalue weighted by atomic mass is 9.85. The molecule has 0 radical (unpaired) electrons. The van der Waals surface area contributed by atoms with Gasteiger partial charge in [-0.15, -0.1) is 0 Å². The Morgan fingerprint density at radius 1 is 1.32 bits per heavy atom. The van der Waals surface area contributed by atoms with Crippen LogP contribution in [-0.4, -0.2) is 24.4 Å². The number of anilines is 1. The molecule has 4 nitrogen and oxygen atoms in total. The van der Waals surface area contributed by atoms with Crippen LogP contribution in [0, 0.1) is 0 Å². The lowest BCUT2D eigenvalue weighted by Crippen LogP contribution is -2.44. The molecule has 2 unspecified atom stereocenters. The average molecular weight is 386 g/mol. The molecule has 2 N–H and O–H groups in total. The normalized spacial score (nSPS) is 23.5. The largest absolute Gasteiger partial charge is 0.414 e. The minimum absolute atomic E-state index is 0.254. The van der Waals surface area contributed by atoms with E-state index in [4.69, 9.17) is 10.2 Å². The number of aromatic nitrogens is 2. The van der Waals surface area contributed by atoms with Gasteiger partial charge in [0, 0.05) is 12.0 Å². The molecule has 0 aromatic carbocycles. The molecule has 1 aromatic rings. The highest BCUT2D eigenvalue weighted by atomic mass is 79.9. The van der Waals surface area contributed by atoms with E-state index < -0.39 is 8.32 Å². The first-order valence-corrected chi connectivity index (χ1v) is 11.8. The maximum atomic E-state index is 6.60. The molecule has 1 aliphatic carbocycles. The second-order valence-electron chi connectivity index (χ2n) is 7.83. The Balaban J connectivity index is 2.07. The maximum absolute atomic E-state index is 6.60. The van der Waals surface area contributed by atoms with Crippen molar-refractivity contribution in [1.82, 2.24) is 9.97 Å². The first kappa shape index (κ1) is 17.9. The zero-order valence-corrected chi connectivity index (χ0v) is 16.9. The van der Waals surface area contributed by atoms with Gasteiger partial charge in [0.1, 0.15) is 4.60 Å². The van der Waals surface area contributed by atoms with Crippen LogP contribution in [0.5, 0.6) is 0 Å². The molecule has 6 heteroatoms. The van der Waals surface area contributed by atoms with Crippen LogP contribution >= 0.6 is 15.9 Å². The lowest BCUT2D eigenvalue weighted by Gasteiger charge is -2.41. The molecule has 0 spiro atoms. The van der Waals surface area contributed by atoms with Gasteiger partial charge in [-0.05, 0) is 53.3 Å². The van der Waals surface area contributed by atoms with Crippen LogP contribution < -0.4 is 5.73 Å². The number of rotatable bonds is 3. The second-order valence-corrected chi connectivity index (χ2v) is 13.3. The Morgan fingerprint density at radius 2 is 2.00 bits per heavy atom. The van der Waals surface area contributed by atoms with Gasteiger partial charge in [-0.1, -0.05) is 27.2 Å². The SMILES string of the molecule is CC(C)(C)[Si](C)(C)OC1CCCC(c2cnc(N)c(Br)n2)C1. The van der Waals surface area contributed by atoms with E-state index >= 15 is 0 Å². The van der Waals surface area contributed by atoms with Crippen molar-refractivity contribution in [3.05, 3.63) is 16.5 Å². The van der Waals surface area contributed by atoms with Crippen LogP contribution in [0.1, 0.15) is 58.1 Å². The van der Waals surface area contributed by atoms with Crippen molar-refractivity contribution < 1.29 is 4.43 Å². The Bertz CT molecular complexity index is 531. The third-order valence-corrected chi connectivity index (χ3v) is 10.2. The summed E-state index contributed by atoms with van der Waals surface area (Å²) in [5.74, 6) is 0.876. The molecule has 0 bridgehead atoms. The standard InChI is InChI=1S/C16H28BrN3OSi/c1-16(2,3)22(4,5)21-12-8-6-7-11(9-12)13-10-19-15(18)14(17)20-13/h10-12H,6-9H2,1-5H3,(H2,18,19). The van der Waals surface area contributed by atoms with Gasteiger partial charge in [0.2, 0.25) is 0 Å². The molecule has 22 heavy (non-hydrogen) atoms. The van der Waals surface area contributed by atoms with Crippen LogP contribution in [0.4, 0.5) is 5.82 Å². The van der Waals surface area contributed by atoms with Gasteiger partial charge in [-0.2, -0.15) is 0 Å². The van der Waals surface area contributed by atoms with E-state index in [1.165, 1.54) is 6.42 Å². The average Bonchev–Trinajstić information content (AvgIpc) is 2.40. The van der Waals surface area contributed by atoms with Crippen LogP contribution in [0.25, 0.3) is 0 Å². The monoisotopic (exact) mass is 385 g/mol. The molecule has 2 rings (SSSR count). The van der Waals surface area contributed by atoms with E-state index in [1.54, 1.807) is 0 Å². The summed E-state index contributed by atoms with van der Waals surface area (Å²) in [5.41, 5.74) is 6.77. The quantitative estimate of drug-likeness (QED) is 0.753. The van der Waals surface area contributed by atoms with Crippen molar-refractivity contribution in [3.63, 3.8) is 0 Å². The van der Waals surface area contributed by atoms with Crippen molar-refractivity contribution in [3.8, 4) is 0 Å². The summed E-state index contributed by atoms with van der Waals surface area (Å²) < 4.78 is 7.25. The number of nitrogen functional groups attached to an aromatic ring is 1. The third-order valence-electron chi connectivity index (χ3n) is 5.09. The summed E-state index contributed by atoms with van der Waals surface area (Å²) in [5, 5.41) is 0.254. The van der Waals surface area contributed by atoms with E-state index in [0.29, 0.717) is 22.4 Å². The van der Waals surface area contributed by atoms with Crippen LogP contribution in [0.3, 0.4) is 0 Å². The molecule has 1 aliphatic rings. The molecule has 0 saturated heterocycles. The van der Waals surface area contributed by atoms with Crippen LogP contribution in [0.2, 0.25) is 18.1 Å². The highest BCUT2D eigenvalue weighted by Crippen LogP contribution is 2.41. The summed E-state index contributed by atoms with van der Waals surface area (Å²) in [7, 11) is -1.71. The summed E-state index contributed by atoms with van der Waals surface area (Å²) in [6, 6.07) is 0. The lowest BCUT2D eigenvalue weighted by molar-refractivity contribution is 0.126. The fourth-order valence-electron chi connectivity index (χ4n) is 2.70. The highest BCUT2D eigenvalue weighted by Gasteiger charge is 2.40. The van der Waals surface area contributed by atoms with Crippen molar-refractivity contribution in [2.24, 2.45) is 0 Å². The van der Waals surface area contributed by atoms with Gasteiger partial charge < -0.3 is 10.2 Å². The predicted octanol–water partition coefficient (Wildman–Crippen LogP) is 4.87. The molecule has 1 heterocycles. The zero-order valence-electron chi connectivity index (χ0n) is 14.3. The summed E-state index contributed by atoms with van der Waals surface area (Å²) in [6.07, 6.45) is 6.71. The van der Waals surface area contributed by atoms with Gasteiger partial charge in [-0.25, -0.2) is 9.97 Å². The summed E-state index contributed by atoms with van der Waals surface area (Å²) >= 11 is 3.38. The van der Waals surface area contributed by atoms with Crippen LogP contribution in [-0.2, 0) is 4.43 Å². The van der Waals surface area contributed by atoms with Crippen molar-refractivity contribution in [2.45, 2.75) is 76.6 Å². The first-order valence-electron chi connectivity index (χ1n) is 8.06. The summed E-state index contributed by atoms with van der Waals surface area (Å²) in [6.45, 7) is 11.5. The fraction of sp³-hybridized carbons (Fsp3) is 0.750. The highest BCUT2D eigenvalue weighted by molar-refractivity contribution is 9.10. The molecular formula is C16H28BrN3OSi. The number of hydrogen-bond acceptors (Lipinski definition) is 4. The minimum Gasteiger partial charge on any atom is -0.414 e. The smallest absolute Gasteiger partial charge is 0.192 e. The zero-order chi connectivity index (χ0) is 16.5. The number of nitrogens with zero attached hydrogens (tertiary/aromatic N) is 2. The Kier molecular flexibility index (Phi) is 5.34. The van der Waals surface area contributed by atoms with Crippen LogP contribution in [0.15, 0.2) is 10.8 Å².